The van der Waals surface area contributed by atoms with Crippen molar-refractivity contribution in [2.75, 3.05) is 31.6 Å². The van der Waals surface area contributed by atoms with Crippen LogP contribution in [-0.4, -0.2) is 42.9 Å². The summed E-state index contributed by atoms with van der Waals surface area (Å²) in [6.07, 6.45) is 23.2. The molecule has 0 atom stereocenters. The Morgan fingerprint density at radius 2 is 1.47 bits per heavy atom. The molecule has 0 saturated carbocycles. The van der Waals surface area contributed by atoms with Crippen molar-refractivity contribution in [3.05, 3.63) is 108 Å². The number of para-hydroxylation sites is 2. The summed E-state index contributed by atoms with van der Waals surface area (Å²) in [5.74, 6) is 0.178. The number of nitrogens with zero attached hydrogens (tertiary/aromatic N) is 2. The van der Waals surface area contributed by atoms with E-state index in [0.717, 1.165) is 64.6 Å². The van der Waals surface area contributed by atoms with Crippen molar-refractivity contribution in [1.82, 2.24) is 5.32 Å². The Bertz CT molecular complexity index is 1460. The summed E-state index contributed by atoms with van der Waals surface area (Å²) in [5.41, 5.74) is 13.4. The van der Waals surface area contributed by atoms with Crippen molar-refractivity contribution >= 4 is 23.0 Å². The van der Waals surface area contributed by atoms with E-state index in [1.165, 1.54) is 33.9 Å². The van der Waals surface area contributed by atoms with E-state index in [2.05, 4.69) is 141 Å². The Kier molecular flexibility index (Phi) is 12.2. The molecule has 0 bridgehead atoms. The second-order valence-electron chi connectivity index (χ2n) is 13.4. The van der Waals surface area contributed by atoms with E-state index in [9.17, 15) is 4.79 Å². The Hall–Kier alpha value is -3.70. The molecule has 0 unspecified atom stereocenters. The molecule has 0 radical (unpaired) electrons. The smallest absolute Gasteiger partial charge is 0.219 e. The number of allylic oxidation sites excluding steroid dienone is 8. The zero-order valence-electron chi connectivity index (χ0n) is 28.3. The first-order valence-electron chi connectivity index (χ1n) is 17.0. The number of hydrogen-bond donors (Lipinski definition) is 2. The lowest BCUT2D eigenvalue weighted by Gasteiger charge is -2.27. The minimum absolute atomic E-state index is 0.0147. The number of carbonyl (C=O) groups excluding carboxylic acids is 1. The van der Waals surface area contributed by atoms with E-state index >= 15 is 0 Å². The number of fused-ring (bicyclic) bond motifs is 2. The van der Waals surface area contributed by atoms with Gasteiger partial charge in [0.2, 0.25) is 11.6 Å². The Labute approximate surface area is 272 Å². The number of benzene rings is 2. The zero-order chi connectivity index (χ0) is 32.3. The molecule has 1 amide bonds. The van der Waals surface area contributed by atoms with Gasteiger partial charge < -0.3 is 16.0 Å². The molecule has 5 nitrogen and oxygen atoms in total. The molecule has 4 rings (SSSR count). The van der Waals surface area contributed by atoms with Gasteiger partial charge in [-0.3, -0.25) is 4.79 Å². The van der Waals surface area contributed by atoms with Crippen LogP contribution in [0.25, 0.3) is 0 Å². The van der Waals surface area contributed by atoms with Crippen molar-refractivity contribution in [1.29, 1.82) is 0 Å². The van der Waals surface area contributed by atoms with Crippen LogP contribution in [0.5, 0.6) is 0 Å². The third kappa shape index (κ3) is 8.32. The highest BCUT2D eigenvalue weighted by Gasteiger charge is 2.42. The van der Waals surface area contributed by atoms with Crippen molar-refractivity contribution in [2.45, 2.75) is 89.9 Å². The van der Waals surface area contributed by atoms with Crippen LogP contribution in [0, 0.1) is 0 Å². The predicted octanol–water partition coefficient (Wildman–Crippen LogP) is 8.24. The van der Waals surface area contributed by atoms with Gasteiger partial charge >= 0.3 is 0 Å². The number of unbranched alkanes of at least 4 members (excludes halogenated alkanes) is 5. The summed E-state index contributed by atoms with van der Waals surface area (Å²) < 4.78 is 2.30. The number of anilines is 1. The molecule has 2 heterocycles. The highest BCUT2D eigenvalue weighted by atomic mass is 16.1. The van der Waals surface area contributed by atoms with E-state index < -0.39 is 0 Å². The summed E-state index contributed by atoms with van der Waals surface area (Å²) in [5, 5.41) is 3.08. The fourth-order valence-electron chi connectivity index (χ4n) is 6.84. The number of amides is 1. The summed E-state index contributed by atoms with van der Waals surface area (Å²) in [6.45, 7) is 11.7. The second kappa shape index (κ2) is 16.0. The van der Waals surface area contributed by atoms with E-state index in [0.29, 0.717) is 6.42 Å². The fraction of sp³-hybridized carbons (Fsp3) is 0.450. The largest absolute Gasteiger partial charge is 0.356 e. The summed E-state index contributed by atoms with van der Waals surface area (Å²) in [7, 11) is 2.15. The van der Waals surface area contributed by atoms with Crippen molar-refractivity contribution < 1.29 is 9.37 Å². The van der Waals surface area contributed by atoms with Crippen LogP contribution in [0.1, 0.15) is 90.2 Å². The molecule has 3 N–H and O–H groups in total. The molecular weight excluding hydrogens is 552 g/mol. The monoisotopic (exact) mass is 607 g/mol. The molecule has 0 fully saturated rings. The molecule has 0 aliphatic carbocycles. The van der Waals surface area contributed by atoms with Crippen LogP contribution < -0.4 is 16.0 Å². The number of rotatable bonds is 16. The SMILES string of the molecule is C[N+]1=C(C=CC=CC=CC=C2N(CCCCCC(=O)NCCCCCCN)c3ccccc3C2(C)C)C(C)(C)c2ccccc21. The van der Waals surface area contributed by atoms with Gasteiger partial charge in [0, 0.05) is 54.0 Å². The molecule has 5 heteroatoms. The number of carbonyl (C=O) groups is 1. The molecule has 0 spiro atoms. The van der Waals surface area contributed by atoms with Crippen LogP contribution in [0.4, 0.5) is 11.4 Å². The molecule has 2 aromatic carbocycles. The first-order chi connectivity index (χ1) is 21.7. The topological polar surface area (TPSA) is 61.4 Å². The van der Waals surface area contributed by atoms with Crippen LogP contribution in [0.2, 0.25) is 0 Å². The minimum atomic E-state index is -0.0706. The number of hydrogen-bond acceptors (Lipinski definition) is 3. The first kappa shape index (κ1) is 34.2. The quantitative estimate of drug-likeness (QED) is 0.115. The molecule has 2 aliphatic heterocycles. The van der Waals surface area contributed by atoms with Crippen LogP contribution in [0.15, 0.2) is 96.8 Å². The van der Waals surface area contributed by atoms with Crippen LogP contribution in [-0.2, 0) is 15.6 Å². The van der Waals surface area contributed by atoms with Gasteiger partial charge in [0.1, 0.15) is 7.05 Å². The van der Waals surface area contributed by atoms with Crippen LogP contribution >= 0.6 is 0 Å². The van der Waals surface area contributed by atoms with E-state index in [1.807, 2.05) is 0 Å². The minimum Gasteiger partial charge on any atom is -0.356 e. The molecule has 240 valence electrons. The Morgan fingerprint density at radius 3 is 2.24 bits per heavy atom. The van der Waals surface area contributed by atoms with Gasteiger partial charge in [-0.2, -0.15) is 4.58 Å². The van der Waals surface area contributed by atoms with Crippen molar-refractivity contribution in [3.63, 3.8) is 0 Å². The van der Waals surface area contributed by atoms with Gasteiger partial charge in [-0.15, -0.1) is 0 Å². The summed E-state index contributed by atoms with van der Waals surface area (Å²) in [6, 6.07) is 17.4. The Morgan fingerprint density at radius 1 is 0.800 bits per heavy atom. The highest BCUT2D eigenvalue weighted by Crippen LogP contribution is 2.47. The Balaban J connectivity index is 1.31. The lowest BCUT2D eigenvalue weighted by molar-refractivity contribution is -0.401. The predicted molar refractivity (Wildman–Crippen MR) is 192 cm³/mol. The number of nitrogens with two attached hydrogens (primary N) is 1. The normalized spacial score (nSPS) is 17.7. The third-order valence-electron chi connectivity index (χ3n) is 9.43. The standard InChI is InChI=1S/C40H54N4O/c1-39(2)32-22-15-17-24-34(32)43(5)36(39)26-12-7-6-8-13-27-37-40(3,4)33-23-16-18-25-35(33)44(37)31-21-11-14-28-38(45)42-30-20-10-9-19-29-41/h6-8,12-13,15-18,22-27H,9-11,14,19-21,28-31,41H2,1-5H3/p+1. The molecule has 2 aromatic rings. The van der Waals surface area contributed by atoms with Crippen LogP contribution in [0.3, 0.4) is 0 Å². The van der Waals surface area contributed by atoms with E-state index in [4.69, 9.17) is 5.73 Å². The first-order valence-corrected chi connectivity index (χ1v) is 17.0. The highest BCUT2D eigenvalue weighted by molar-refractivity contribution is 6.03. The summed E-state index contributed by atoms with van der Waals surface area (Å²) >= 11 is 0. The van der Waals surface area contributed by atoms with Crippen molar-refractivity contribution in [3.8, 4) is 0 Å². The third-order valence-corrected chi connectivity index (χ3v) is 9.43. The van der Waals surface area contributed by atoms with Crippen molar-refractivity contribution in [2.24, 2.45) is 5.73 Å². The van der Waals surface area contributed by atoms with E-state index in [-0.39, 0.29) is 16.7 Å². The average Bonchev–Trinajstić information content (AvgIpc) is 3.36. The van der Waals surface area contributed by atoms with Gasteiger partial charge in [-0.1, -0.05) is 99.9 Å². The molecular formula is C40H55N4O+. The maximum atomic E-state index is 12.2. The average molecular weight is 608 g/mol. The van der Waals surface area contributed by atoms with Gasteiger partial charge in [0.05, 0.1) is 5.41 Å². The lowest BCUT2D eigenvalue weighted by Crippen LogP contribution is -2.27. The second-order valence-corrected chi connectivity index (χ2v) is 13.4. The fourth-order valence-corrected chi connectivity index (χ4v) is 6.84. The zero-order valence-corrected chi connectivity index (χ0v) is 28.3. The molecule has 2 aliphatic rings. The maximum absolute atomic E-state index is 12.2. The van der Waals surface area contributed by atoms with Gasteiger partial charge in [-0.25, -0.2) is 0 Å². The maximum Gasteiger partial charge on any atom is 0.219 e. The van der Waals surface area contributed by atoms with Gasteiger partial charge in [-0.05, 0) is 63.8 Å². The summed E-state index contributed by atoms with van der Waals surface area (Å²) in [4.78, 5) is 14.7. The lowest BCUT2D eigenvalue weighted by atomic mass is 9.81. The van der Waals surface area contributed by atoms with Gasteiger partial charge in [0.15, 0.2) is 5.71 Å². The number of nitrogens with one attached hydrogen (secondary N) is 1. The molecule has 45 heavy (non-hydrogen) atoms. The molecule has 0 aromatic heterocycles. The van der Waals surface area contributed by atoms with Gasteiger partial charge in [0.25, 0.3) is 0 Å². The molecule has 0 saturated heterocycles. The van der Waals surface area contributed by atoms with E-state index in [1.54, 1.807) is 0 Å².